The molecule has 3 N–H and O–H groups in total. The lowest BCUT2D eigenvalue weighted by Gasteiger charge is -2.16. The van der Waals surface area contributed by atoms with E-state index in [1.807, 2.05) is 12.1 Å². The lowest BCUT2D eigenvalue weighted by Crippen LogP contribution is -2.18. The predicted octanol–water partition coefficient (Wildman–Crippen LogP) is 5.58. The molecule has 0 unspecified atom stereocenters. The number of carbonyl (C=O) groups is 1. The molecule has 2 aromatic carbocycles. The van der Waals surface area contributed by atoms with E-state index in [2.05, 4.69) is 19.9 Å². The number of likely N-dealkylation sites (tertiary alicyclic amines) is 1. The Morgan fingerprint density at radius 1 is 0.974 bits per heavy atom. The molecule has 0 amide bonds. The highest BCUT2D eigenvalue weighted by atomic mass is 35.5. The number of nitrogens with zero attached hydrogens (tertiary/aromatic N) is 4. The number of ether oxygens (including phenoxy) is 2. The Bertz CT molecular complexity index is 1420. The predicted molar refractivity (Wildman–Crippen MR) is 148 cm³/mol. The molecule has 5 rings (SSSR count). The van der Waals surface area contributed by atoms with Gasteiger partial charge in [0, 0.05) is 36.1 Å². The van der Waals surface area contributed by atoms with Crippen LogP contribution in [0.2, 0.25) is 10.0 Å². The Morgan fingerprint density at radius 2 is 1.61 bits per heavy atom. The Morgan fingerprint density at radius 3 is 2.16 bits per heavy atom. The van der Waals surface area contributed by atoms with Gasteiger partial charge in [-0.05, 0) is 44.1 Å². The molecule has 1 aliphatic heterocycles. The van der Waals surface area contributed by atoms with E-state index < -0.39 is 5.97 Å². The van der Waals surface area contributed by atoms with Crippen LogP contribution in [0.1, 0.15) is 28.9 Å². The maximum Gasteiger partial charge on any atom is 0.337 e. The molecule has 0 atom stereocenters. The number of anilines is 1. The average Bonchev–Trinajstić information content (AvgIpc) is 3.43. The Hall–Kier alpha value is -3.66. The van der Waals surface area contributed by atoms with Crippen molar-refractivity contribution in [3.8, 4) is 22.6 Å². The number of hydrogen-bond donors (Lipinski definition) is 2. The zero-order valence-corrected chi connectivity index (χ0v) is 22.5. The smallest absolute Gasteiger partial charge is 0.337 e. The van der Waals surface area contributed by atoms with Crippen molar-refractivity contribution in [1.82, 2.24) is 19.9 Å². The Kier molecular flexibility index (Phi) is 8.83. The molecule has 3 heterocycles. The highest BCUT2D eigenvalue weighted by Crippen LogP contribution is 2.47. The van der Waals surface area contributed by atoms with Gasteiger partial charge in [0.05, 0.1) is 52.9 Å². The standard InChI is InChI=1S/C17H12Cl2N2O4.C10H15N3/c1-24-10-7-11(25-2)14(19)12(13(10)18)8-3-4-9(17(22)23)16-15(8)20-5-6-21-16;11-9-3-4-10(12-7-9)8-13-5-1-2-6-13/h3-7H,1-2H3,(H,22,23);3-4,7H,1-2,5-6,8,11H2. The van der Waals surface area contributed by atoms with E-state index in [9.17, 15) is 9.90 Å². The normalized spacial score (nSPS) is 13.2. The van der Waals surface area contributed by atoms with Crippen LogP contribution in [-0.4, -0.2) is 58.2 Å². The van der Waals surface area contributed by atoms with E-state index in [4.69, 9.17) is 38.4 Å². The fourth-order valence-corrected chi connectivity index (χ4v) is 4.96. The number of aromatic carboxylic acids is 1. The number of nitrogen functional groups attached to an aromatic ring is 1. The fourth-order valence-electron chi connectivity index (χ4n) is 4.25. The van der Waals surface area contributed by atoms with Crippen LogP contribution in [0.5, 0.6) is 11.5 Å². The van der Waals surface area contributed by atoms with Crippen molar-refractivity contribution in [2.24, 2.45) is 0 Å². The molecule has 0 saturated carbocycles. The summed E-state index contributed by atoms with van der Waals surface area (Å²) in [6.07, 6.45) is 7.28. The molecule has 198 valence electrons. The summed E-state index contributed by atoms with van der Waals surface area (Å²) in [4.78, 5) is 26.6. The number of rotatable bonds is 6. The second kappa shape index (κ2) is 12.3. The van der Waals surface area contributed by atoms with E-state index in [1.54, 1.807) is 18.3 Å². The van der Waals surface area contributed by atoms with E-state index in [0.29, 0.717) is 28.1 Å². The third-order valence-corrected chi connectivity index (χ3v) is 6.88. The lowest BCUT2D eigenvalue weighted by molar-refractivity contribution is 0.0699. The van der Waals surface area contributed by atoms with Gasteiger partial charge in [0.2, 0.25) is 0 Å². The number of carboxylic acids is 1. The van der Waals surface area contributed by atoms with Crippen LogP contribution in [-0.2, 0) is 6.54 Å². The van der Waals surface area contributed by atoms with E-state index in [0.717, 1.165) is 17.9 Å². The van der Waals surface area contributed by atoms with Crippen molar-refractivity contribution in [1.29, 1.82) is 0 Å². The first-order valence-electron chi connectivity index (χ1n) is 11.8. The van der Waals surface area contributed by atoms with Gasteiger partial charge in [-0.15, -0.1) is 0 Å². The third kappa shape index (κ3) is 5.91. The molecule has 0 aliphatic carbocycles. The monoisotopic (exact) mass is 555 g/mol. The van der Waals surface area contributed by atoms with Gasteiger partial charge in [0.15, 0.2) is 0 Å². The van der Waals surface area contributed by atoms with Crippen LogP contribution >= 0.6 is 23.2 Å². The first-order chi connectivity index (χ1) is 18.3. The van der Waals surface area contributed by atoms with Gasteiger partial charge in [-0.3, -0.25) is 19.9 Å². The van der Waals surface area contributed by atoms with E-state index >= 15 is 0 Å². The van der Waals surface area contributed by atoms with Gasteiger partial charge < -0.3 is 20.3 Å². The highest BCUT2D eigenvalue weighted by Gasteiger charge is 2.23. The summed E-state index contributed by atoms with van der Waals surface area (Å²) in [5.41, 5.74) is 9.02. The topological polar surface area (TPSA) is 124 Å². The zero-order valence-electron chi connectivity index (χ0n) is 20.9. The fraction of sp³-hybridized carbons (Fsp3) is 0.259. The average molecular weight is 556 g/mol. The minimum atomic E-state index is -1.10. The first kappa shape index (κ1) is 27.4. The quantitative estimate of drug-likeness (QED) is 0.313. The highest BCUT2D eigenvalue weighted by molar-refractivity contribution is 6.41. The van der Waals surface area contributed by atoms with Crippen molar-refractivity contribution in [3.63, 3.8) is 0 Å². The number of hydrogen-bond acceptors (Lipinski definition) is 8. The maximum absolute atomic E-state index is 11.4. The van der Waals surface area contributed by atoms with Crippen LogP contribution in [0, 0.1) is 0 Å². The number of nitrogens with two attached hydrogens (primary N) is 1. The number of carboxylic acid groups (broad SMARTS) is 1. The summed E-state index contributed by atoms with van der Waals surface area (Å²) < 4.78 is 10.6. The molecule has 38 heavy (non-hydrogen) atoms. The Balaban J connectivity index is 0.000000216. The SMILES string of the molecule is COc1cc(OC)c(Cl)c(-c2ccc(C(=O)O)c3nccnc23)c1Cl.Nc1ccc(CN2CCCC2)nc1. The van der Waals surface area contributed by atoms with Crippen molar-refractivity contribution in [3.05, 3.63) is 70.2 Å². The maximum atomic E-state index is 11.4. The van der Waals surface area contributed by atoms with Crippen LogP contribution in [0.4, 0.5) is 5.69 Å². The van der Waals surface area contributed by atoms with Gasteiger partial charge in [-0.1, -0.05) is 29.3 Å². The molecule has 1 saturated heterocycles. The minimum absolute atomic E-state index is 0.0361. The van der Waals surface area contributed by atoms with Gasteiger partial charge in [-0.25, -0.2) is 4.79 Å². The second-order valence-corrected chi connectivity index (χ2v) is 9.33. The summed E-state index contributed by atoms with van der Waals surface area (Å²) in [5, 5.41) is 9.89. The van der Waals surface area contributed by atoms with Crippen molar-refractivity contribution in [2.45, 2.75) is 19.4 Å². The number of aromatic nitrogens is 3. The molecule has 1 aliphatic rings. The molecule has 0 spiro atoms. The number of halogens is 2. The van der Waals surface area contributed by atoms with Gasteiger partial charge in [0.25, 0.3) is 0 Å². The van der Waals surface area contributed by atoms with Crippen molar-refractivity contribution < 1.29 is 19.4 Å². The molecule has 4 aromatic rings. The summed E-state index contributed by atoms with van der Waals surface area (Å²) in [7, 11) is 2.95. The third-order valence-electron chi connectivity index (χ3n) is 6.13. The second-order valence-electron chi connectivity index (χ2n) is 8.57. The molecule has 9 nitrogen and oxygen atoms in total. The number of pyridine rings is 1. The summed E-state index contributed by atoms with van der Waals surface area (Å²) >= 11 is 12.9. The summed E-state index contributed by atoms with van der Waals surface area (Å²) in [6.45, 7) is 3.40. The van der Waals surface area contributed by atoms with Crippen LogP contribution in [0.25, 0.3) is 22.2 Å². The molecular formula is C27H27Cl2N5O4. The van der Waals surface area contributed by atoms with E-state index in [1.165, 1.54) is 58.6 Å². The molecule has 0 radical (unpaired) electrons. The molecule has 1 fully saturated rings. The zero-order chi connectivity index (χ0) is 27.2. The van der Waals surface area contributed by atoms with E-state index in [-0.39, 0.29) is 21.1 Å². The molecular weight excluding hydrogens is 529 g/mol. The lowest BCUT2D eigenvalue weighted by atomic mass is 10.00. The molecule has 0 bridgehead atoms. The van der Waals surface area contributed by atoms with Gasteiger partial charge in [-0.2, -0.15) is 0 Å². The molecule has 2 aromatic heterocycles. The number of fused-ring (bicyclic) bond motifs is 1. The van der Waals surface area contributed by atoms with Crippen molar-refractivity contribution in [2.75, 3.05) is 33.0 Å². The summed E-state index contributed by atoms with van der Waals surface area (Å²) in [6, 6.07) is 8.53. The number of methoxy groups -OCH3 is 2. The van der Waals surface area contributed by atoms with Gasteiger partial charge in [0.1, 0.15) is 17.0 Å². The Labute approximate surface area is 230 Å². The van der Waals surface area contributed by atoms with Gasteiger partial charge >= 0.3 is 5.97 Å². The van der Waals surface area contributed by atoms with Crippen LogP contribution < -0.4 is 15.2 Å². The van der Waals surface area contributed by atoms with Crippen molar-refractivity contribution >= 4 is 45.9 Å². The largest absolute Gasteiger partial charge is 0.495 e. The first-order valence-corrected chi connectivity index (χ1v) is 12.6. The number of benzene rings is 2. The molecule has 11 heteroatoms. The van der Waals surface area contributed by atoms with Crippen LogP contribution in [0.3, 0.4) is 0 Å². The summed E-state index contributed by atoms with van der Waals surface area (Å²) in [5.74, 6) is -0.355. The minimum Gasteiger partial charge on any atom is -0.495 e. The van der Waals surface area contributed by atoms with Crippen LogP contribution in [0.15, 0.2) is 48.9 Å².